The molecule has 0 saturated carbocycles. The maximum Gasteiger partial charge on any atom is 0.0485 e. The first kappa shape index (κ1) is 14.8. The zero-order chi connectivity index (χ0) is 13.9. The van der Waals surface area contributed by atoms with Crippen molar-refractivity contribution in [3.63, 3.8) is 0 Å². The molecule has 1 N–H and O–H groups in total. The number of benzene rings is 1. The van der Waals surface area contributed by atoms with Gasteiger partial charge < -0.3 is 5.32 Å². The van der Waals surface area contributed by atoms with Crippen LogP contribution in [-0.4, -0.2) is 55.1 Å². The highest BCUT2D eigenvalue weighted by Gasteiger charge is 2.30. The first-order valence-electron chi connectivity index (χ1n) is 6.91. The third-order valence-electron chi connectivity index (χ3n) is 4.01. The maximum atomic E-state index is 3.57. The standard InChI is InChI=1S/C15H24BrN3/c1-15(2)12-19(11-10-18(15)3)9-8-17-14-7-5-4-6-13(14)16/h4-7,17H,8-12H2,1-3H3. The zero-order valence-electron chi connectivity index (χ0n) is 12.1. The molecule has 1 aliphatic rings. The largest absolute Gasteiger partial charge is 0.383 e. The van der Waals surface area contributed by atoms with Gasteiger partial charge in [0.2, 0.25) is 0 Å². The van der Waals surface area contributed by atoms with Gasteiger partial charge in [0.1, 0.15) is 0 Å². The third kappa shape index (κ3) is 3.94. The summed E-state index contributed by atoms with van der Waals surface area (Å²) in [7, 11) is 2.22. The van der Waals surface area contributed by atoms with Gasteiger partial charge in [0, 0.05) is 48.4 Å². The van der Waals surface area contributed by atoms with E-state index in [2.05, 4.69) is 70.1 Å². The van der Waals surface area contributed by atoms with Crippen molar-refractivity contribution in [3.05, 3.63) is 28.7 Å². The molecule has 0 radical (unpaired) electrons. The molecule has 1 saturated heterocycles. The van der Waals surface area contributed by atoms with E-state index in [0.29, 0.717) is 0 Å². The molecular weight excluding hydrogens is 302 g/mol. The number of halogens is 1. The molecule has 0 amide bonds. The van der Waals surface area contributed by atoms with Gasteiger partial charge in [0.05, 0.1) is 0 Å². The van der Waals surface area contributed by atoms with E-state index < -0.39 is 0 Å². The fourth-order valence-electron chi connectivity index (χ4n) is 2.49. The average molecular weight is 326 g/mol. The molecule has 4 heteroatoms. The summed E-state index contributed by atoms with van der Waals surface area (Å²) in [5.74, 6) is 0. The maximum absolute atomic E-state index is 3.57. The Hall–Kier alpha value is -0.580. The minimum atomic E-state index is 0.283. The van der Waals surface area contributed by atoms with Gasteiger partial charge in [-0.25, -0.2) is 0 Å². The van der Waals surface area contributed by atoms with E-state index >= 15 is 0 Å². The molecule has 0 bridgehead atoms. The molecule has 0 atom stereocenters. The summed E-state index contributed by atoms with van der Waals surface area (Å²) in [4.78, 5) is 4.99. The van der Waals surface area contributed by atoms with Crippen LogP contribution in [0.15, 0.2) is 28.7 Å². The molecule has 0 unspecified atom stereocenters. The summed E-state index contributed by atoms with van der Waals surface area (Å²) in [6, 6.07) is 8.28. The Morgan fingerprint density at radius 3 is 2.68 bits per heavy atom. The number of para-hydroxylation sites is 1. The van der Waals surface area contributed by atoms with E-state index in [-0.39, 0.29) is 5.54 Å². The predicted octanol–water partition coefficient (Wildman–Crippen LogP) is 2.89. The van der Waals surface area contributed by atoms with Crippen molar-refractivity contribution in [2.24, 2.45) is 0 Å². The topological polar surface area (TPSA) is 18.5 Å². The Morgan fingerprint density at radius 2 is 2.00 bits per heavy atom. The van der Waals surface area contributed by atoms with Crippen molar-refractivity contribution < 1.29 is 0 Å². The summed E-state index contributed by atoms with van der Waals surface area (Å²) in [6.45, 7) is 10.2. The molecule has 1 aliphatic heterocycles. The number of nitrogens with zero attached hydrogens (tertiary/aromatic N) is 2. The molecule has 3 nitrogen and oxygen atoms in total. The van der Waals surface area contributed by atoms with Gasteiger partial charge in [-0.1, -0.05) is 12.1 Å². The summed E-state index contributed by atoms with van der Waals surface area (Å²) in [5, 5.41) is 3.50. The van der Waals surface area contributed by atoms with Gasteiger partial charge in [-0.15, -0.1) is 0 Å². The Kier molecular flexibility index (Phi) is 4.87. The van der Waals surface area contributed by atoms with Crippen LogP contribution in [0.5, 0.6) is 0 Å². The molecule has 1 aromatic rings. The van der Waals surface area contributed by atoms with E-state index in [9.17, 15) is 0 Å². The lowest BCUT2D eigenvalue weighted by molar-refractivity contribution is 0.0423. The SMILES string of the molecule is CN1CCN(CCNc2ccccc2Br)CC1(C)C. The van der Waals surface area contributed by atoms with Crippen molar-refractivity contribution in [2.75, 3.05) is 45.1 Å². The summed E-state index contributed by atoms with van der Waals surface area (Å²) < 4.78 is 1.13. The first-order chi connectivity index (χ1) is 8.99. The summed E-state index contributed by atoms with van der Waals surface area (Å²) in [6.07, 6.45) is 0. The van der Waals surface area contributed by atoms with Gasteiger partial charge in [-0.3, -0.25) is 9.80 Å². The zero-order valence-corrected chi connectivity index (χ0v) is 13.7. The van der Waals surface area contributed by atoms with Crippen LogP contribution in [0.4, 0.5) is 5.69 Å². The second-order valence-electron chi connectivity index (χ2n) is 5.92. The molecule has 19 heavy (non-hydrogen) atoms. The molecule has 0 aliphatic carbocycles. The Labute approximate surface area is 125 Å². The van der Waals surface area contributed by atoms with E-state index in [1.807, 2.05) is 6.07 Å². The smallest absolute Gasteiger partial charge is 0.0485 e. The van der Waals surface area contributed by atoms with Gasteiger partial charge >= 0.3 is 0 Å². The van der Waals surface area contributed by atoms with Crippen LogP contribution in [0.3, 0.4) is 0 Å². The summed E-state index contributed by atoms with van der Waals surface area (Å²) >= 11 is 3.57. The van der Waals surface area contributed by atoms with Gasteiger partial charge in [-0.05, 0) is 49.0 Å². The lowest BCUT2D eigenvalue weighted by Crippen LogP contribution is -2.58. The lowest BCUT2D eigenvalue weighted by atomic mass is 10.00. The fraction of sp³-hybridized carbons (Fsp3) is 0.600. The average Bonchev–Trinajstić information content (AvgIpc) is 2.36. The molecule has 0 spiro atoms. The van der Waals surface area contributed by atoms with Gasteiger partial charge in [0.15, 0.2) is 0 Å². The third-order valence-corrected chi connectivity index (χ3v) is 4.70. The number of hydrogen-bond donors (Lipinski definition) is 1. The normalized spacial score (nSPS) is 20.4. The van der Waals surface area contributed by atoms with E-state index in [1.54, 1.807) is 0 Å². The lowest BCUT2D eigenvalue weighted by Gasteiger charge is -2.45. The number of rotatable bonds is 4. The first-order valence-corrected chi connectivity index (χ1v) is 7.70. The monoisotopic (exact) mass is 325 g/mol. The van der Waals surface area contributed by atoms with Gasteiger partial charge in [0.25, 0.3) is 0 Å². The quantitative estimate of drug-likeness (QED) is 0.918. The van der Waals surface area contributed by atoms with E-state index in [0.717, 1.165) is 37.2 Å². The predicted molar refractivity (Wildman–Crippen MR) is 85.8 cm³/mol. The van der Waals surface area contributed by atoms with E-state index in [4.69, 9.17) is 0 Å². The van der Waals surface area contributed by atoms with Crippen molar-refractivity contribution in [1.82, 2.24) is 9.80 Å². The number of piperazine rings is 1. The van der Waals surface area contributed by atoms with Crippen molar-refractivity contribution >= 4 is 21.6 Å². The van der Waals surface area contributed by atoms with Crippen LogP contribution in [-0.2, 0) is 0 Å². The minimum absolute atomic E-state index is 0.283. The highest BCUT2D eigenvalue weighted by Crippen LogP contribution is 2.21. The van der Waals surface area contributed by atoms with Crippen LogP contribution in [0.2, 0.25) is 0 Å². The molecular formula is C15H24BrN3. The van der Waals surface area contributed by atoms with Crippen molar-refractivity contribution in [3.8, 4) is 0 Å². The molecule has 0 aromatic heterocycles. The van der Waals surface area contributed by atoms with E-state index in [1.165, 1.54) is 5.69 Å². The number of likely N-dealkylation sites (N-methyl/N-ethyl adjacent to an activating group) is 1. The second-order valence-corrected chi connectivity index (χ2v) is 6.77. The number of anilines is 1. The number of hydrogen-bond acceptors (Lipinski definition) is 3. The highest BCUT2D eigenvalue weighted by molar-refractivity contribution is 9.10. The molecule has 1 aromatic carbocycles. The molecule has 1 fully saturated rings. The van der Waals surface area contributed by atoms with Crippen molar-refractivity contribution in [1.29, 1.82) is 0 Å². The minimum Gasteiger partial charge on any atom is -0.383 e. The Bertz CT molecular complexity index is 420. The number of nitrogens with one attached hydrogen (secondary N) is 1. The molecule has 1 heterocycles. The fourth-order valence-corrected chi connectivity index (χ4v) is 2.91. The Morgan fingerprint density at radius 1 is 1.26 bits per heavy atom. The van der Waals surface area contributed by atoms with Crippen LogP contribution in [0.1, 0.15) is 13.8 Å². The summed E-state index contributed by atoms with van der Waals surface area (Å²) in [5.41, 5.74) is 1.46. The molecule has 106 valence electrons. The van der Waals surface area contributed by atoms with Crippen molar-refractivity contribution in [2.45, 2.75) is 19.4 Å². The van der Waals surface area contributed by atoms with Crippen LogP contribution >= 0.6 is 15.9 Å². The second kappa shape index (κ2) is 6.25. The van der Waals surface area contributed by atoms with Crippen LogP contribution < -0.4 is 5.32 Å². The van der Waals surface area contributed by atoms with Crippen LogP contribution in [0, 0.1) is 0 Å². The Balaban J connectivity index is 1.79. The van der Waals surface area contributed by atoms with Gasteiger partial charge in [-0.2, -0.15) is 0 Å². The molecule has 2 rings (SSSR count). The van der Waals surface area contributed by atoms with Crippen LogP contribution in [0.25, 0.3) is 0 Å². The highest BCUT2D eigenvalue weighted by atomic mass is 79.9.